The molecule has 0 saturated heterocycles. The van der Waals surface area contributed by atoms with Crippen LogP contribution in [0.25, 0.3) is 0 Å². The normalized spacial score (nSPS) is 10.6. The van der Waals surface area contributed by atoms with Crippen LogP contribution in [0.3, 0.4) is 0 Å². The highest BCUT2D eigenvalue weighted by atomic mass is 35.5. The number of amides is 1. The van der Waals surface area contributed by atoms with Gasteiger partial charge in [0, 0.05) is 6.54 Å². The van der Waals surface area contributed by atoms with Crippen LogP contribution in [0.5, 0.6) is 0 Å². The van der Waals surface area contributed by atoms with E-state index < -0.39 is 0 Å². The summed E-state index contributed by atoms with van der Waals surface area (Å²) in [4.78, 5) is 22.3. The summed E-state index contributed by atoms with van der Waals surface area (Å²) >= 11 is 6.07. The number of anilines is 2. The highest BCUT2D eigenvalue weighted by Crippen LogP contribution is 2.23. The molecule has 122 valence electrons. The van der Waals surface area contributed by atoms with Crippen molar-refractivity contribution >= 4 is 29.0 Å². The average Bonchev–Trinajstić information content (AvgIpc) is 2.54. The van der Waals surface area contributed by atoms with Crippen LogP contribution < -0.4 is 10.6 Å². The van der Waals surface area contributed by atoms with Gasteiger partial charge in [-0.2, -0.15) is 0 Å². The van der Waals surface area contributed by atoms with Crippen LogP contribution in [0.2, 0.25) is 5.02 Å². The molecule has 6 nitrogen and oxygen atoms in total. The maximum Gasteiger partial charge on any atom is 0.271 e. The van der Waals surface area contributed by atoms with Crippen molar-refractivity contribution in [1.82, 2.24) is 20.2 Å². The van der Waals surface area contributed by atoms with E-state index in [2.05, 4.69) is 25.5 Å². The zero-order chi connectivity index (χ0) is 16.7. The molecule has 1 amide bonds. The van der Waals surface area contributed by atoms with E-state index in [4.69, 9.17) is 11.6 Å². The molecule has 1 aromatic heterocycles. The first-order chi connectivity index (χ1) is 11.1. The van der Waals surface area contributed by atoms with Crippen molar-refractivity contribution in [1.29, 1.82) is 0 Å². The number of carbonyl (C=O) groups is 1. The summed E-state index contributed by atoms with van der Waals surface area (Å²) in [6, 6.07) is 7.35. The van der Waals surface area contributed by atoms with Gasteiger partial charge in [0.25, 0.3) is 5.91 Å². The Morgan fingerprint density at radius 2 is 2.00 bits per heavy atom. The molecular weight excluding hydrogens is 314 g/mol. The fourth-order valence-electron chi connectivity index (χ4n) is 1.90. The summed E-state index contributed by atoms with van der Waals surface area (Å²) < 4.78 is 0. The number of para-hydroxylation sites is 1. The minimum Gasteiger partial charge on any atom is -0.351 e. The zero-order valence-electron chi connectivity index (χ0n) is 13.2. The molecule has 7 heteroatoms. The van der Waals surface area contributed by atoms with Crippen LogP contribution in [-0.2, 0) is 0 Å². The number of rotatable bonds is 7. The fraction of sp³-hybridized carbons (Fsp3) is 0.312. The molecule has 2 rings (SSSR count). The van der Waals surface area contributed by atoms with Crippen molar-refractivity contribution in [3.05, 3.63) is 47.4 Å². The predicted octanol–water partition coefficient (Wildman–Crippen LogP) is 2.56. The lowest BCUT2D eigenvalue weighted by molar-refractivity contribution is 0.0947. The maximum absolute atomic E-state index is 11.9. The van der Waals surface area contributed by atoms with Gasteiger partial charge in [0.1, 0.15) is 11.5 Å². The Kier molecular flexibility index (Phi) is 6.31. The van der Waals surface area contributed by atoms with E-state index in [0.29, 0.717) is 23.1 Å². The second-order valence-corrected chi connectivity index (χ2v) is 5.71. The molecule has 1 heterocycles. The number of carbonyl (C=O) groups excluding carboxylic acids is 1. The fourth-order valence-corrected chi connectivity index (χ4v) is 2.08. The molecule has 0 bridgehead atoms. The molecular formula is C16H20ClN5O. The van der Waals surface area contributed by atoms with E-state index in [0.717, 1.165) is 18.7 Å². The summed E-state index contributed by atoms with van der Waals surface area (Å²) in [5.41, 5.74) is 1.03. The second kappa shape index (κ2) is 8.45. The molecule has 2 N–H and O–H groups in total. The largest absolute Gasteiger partial charge is 0.351 e. The Bertz CT molecular complexity index is 645. The molecule has 0 radical (unpaired) electrons. The number of halogens is 1. The quantitative estimate of drug-likeness (QED) is 0.762. The molecule has 2 aromatic rings. The van der Waals surface area contributed by atoms with Crippen LogP contribution in [0, 0.1) is 0 Å². The molecule has 0 aliphatic heterocycles. The smallest absolute Gasteiger partial charge is 0.271 e. The third kappa shape index (κ3) is 5.50. The molecule has 23 heavy (non-hydrogen) atoms. The summed E-state index contributed by atoms with van der Waals surface area (Å²) in [6.07, 6.45) is 3.84. The Hall–Kier alpha value is -2.18. The molecule has 0 aliphatic carbocycles. The Morgan fingerprint density at radius 3 is 2.65 bits per heavy atom. The Morgan fingerprint density at radius 1 is 1.22 bits per heavy atom. The number of nitrogens with zero attached hydrogens (tertiary/aromatic N) is 3. The van der Waals surface area contributed by atoms with Crippen molar-refractivity contribution in [2.75, 3.05) is 32.5 Å². The highest BCUT2D eigenvalue weighted by molar-refractivity contribution is 6.33. The summed E-state index contributed by atoms with van der Waals surface area (Å²) in [7, 11) is 4.00. The van der Waals surface area contributed by atoms with Crippen LogP contribution in [-0.4, -0.2) is 48.0 Å². The first-order valence-corrected chi connectivity index (χ1v) is 7.70. The number of hydrogen-bond donors (Lipinski definition) is 2. The number of nitrogens with one attached hydrogen (secondary N) is 2. The van der Waals surface area contributed by atoms with Crippen LogP contribution in [0.4, 0.5) is 11.5 Å². The summed E-state index contributed by atoms with van der Waals surface area (Å²) in [6.45, 7) is 1.53. The number of aromatic nitrogens is 2. The third-order valence-corrected chi connectivity index (χ3v) is 3.42. The van der Waals surface area contributed by atoms with Gasteiger partial charge in [0.2, 0.25) is 0 Å². The lowest BCUT2D eigenvalue weighted by Crippen LogP contribution is -2.27. The van der Waals surface area contributed by atoms with E-state index in [1.54, 1.807) is 6.07 Å². The SMILES string of the molecule is CN(C)CCCNC(=O)c1cnc(Nc2ccccc2Cl)cn1. The number of benzene rings is 1. The monoisotopic (exact) mass is 333 g/mol. The van der Waals surface area contributed by atoms with Gasteiger partial charge in [-0.1, -0.05) is 23.7 Å². The average molecular weight is 334 g/mol. The van der Waals surface area contributed by atoms with Gasteiger partial charge in [-0.25, -0.2) is 9.97 Å². The topological polar surface area (TPSA) is 70.2 Å². The van der Waals surface area contributed by atoms with Gasteiger partial charge in [-0.15, -0.1) is 0 Å². The standard InChI is InChI=1S/C16H20ClN5O/c1-22(2)9-5-8-18-16(23)14-10-20-15(11-19-14)21-13-7-4-3-6-12(13)17/h3-4,6-7,10-11H,5,8-9H2,1-2H3,(H,18,23)(H,20,21). The molecule has 0 aliphatic rings. The van der Waals surface area contributed by atoms with Gasteiger partial charge in [0.05, 0.1) is 23.1 Å². The Balaban J connectivity index is 1.89. The second-order valence-electron chi connectivity index (χ2n) is 5.30. The molecule has 0 atom stereocenters. The van der Waals surface area contributed by atoms with Gasteiger partial charge in [-0.3, -0.25) is 4.79 Å². The first-order valence-electron chi connectivity index (χ1n) is 7.33. The van der Waals surface area contributed by atoms with Gasteiger partial charge in [-0.05, 0) is 39.2 Å². The third-order valence-electron chi connectivity index (χ3n) is 3.09. The van der Waals surface area contributed by atoms with Crippen molar-refractivity contribution in [3.63, 3.8) is 0 Å². The molecule has 1 aromatic carbocycles. The Labute approximate surface area is 140 Å². The predicted molar refractivity (Wildman–Crippen MR) is 92.3 cm³/mol. The summed E-state index contributed by atoms with van der Waals surface area (Å²) in [5.74, 6) is 0.308. The van der Waals surface area contributed by atoms with E-state index >= 15 is 0 Å². The van der Waals surface area contributed by atoms with Crippen LogP contribution >= 0.6 is 11.6 Å². The zero-order valence-corrected chi connectivity index (χ0v) is 14.0. The maximum atomic E-state index is 11.9. The molecule has 0 unspecified atom stereocenters. The highest BCUT2D eigenvalue weighted by Gasteiger charge is 2.08. The minimum absolute atomic E-state index is 0.222. The minimum atomic E-state index is -0.222. The van der Waals surface area contributed by atoms with Gasteiger partial charge >= 0.3 is 0 Å². The number of hydrogen-bond acceptors (Lipinski definition) is 5. The molecule has 0 fully saturated rings. The van der Waals surface area contributed by atoms with Gasteiger partial charge in [0.15, 0.2) is 0 Å². The van der Waals surface area contributed by atoms with Crippen molar-refractivity contribution in [3.8, 4) is 0 Å². The van der Waals surface area contributed by atoms with Crippen LogP contribution in [0.1, 0.15) is 16.9 Å². The van der Waals surface area contributed by atoms with Crippen molar-refractivity contribution in [2.45, 2.75) is 6.42 Å². The van der Waals surface area contributed by atoms with Crippen molar-refractivity contribution in [2.24, 2.45) is 0 Å². The lowest BCUT2D eigenvalue weighted by Gasteiger charge is -2.10. The van der Waals surface area contributed by atoms with Crippen molar-refractivity contribution < 1.29 is 4.79 Å². The molecule has 0 saturated carbocycles. The van der Waals surface area contributed by atoms with E-state index in [1.165, 1.54) is 12.4 Å². The summed E-state index contributed by atoms with van der Waals surface area (Å²) in [5, 5.41) is 6.48. The van der Waals surface area contributed by atoms with E-state index in [9.17, 15) is 4.79 Å². The van der Waals surface area contributed by atoms with Gasteiger partial charge < -0.3 is 15.5 Å². The van der Waals surface area contributed by atoms with E-state index in [-0.39, 0.29) is 5.91 Å². The van der Waals surface area contributed by atoms with E-state index in [1.807, 2.05) is 32.3 Å². The van der Waals surface area contributed by atoms with Crippen LogP contribution in [0.15, 0.2) is 36.7 Å². The molecule has 0 spiro atoms. The lowest BCUT2D eigenvalue weighted by atomic mass is 10.3. The first kappa shape index (κ1) is 17.2.